The maximum atomic E-state index is 11.1. The summed E-state index contributed by atoms with van der Waals surface area (Å²) in [6.45, 7) is 12.3. The molecular weight excluding hydrogens is 242 g/mol. The average molecular weight is 271 g/mol. The van der Waals surface area contributed by atoms with Crippen molar-refractivity contribution >= 4 is 5.97 Å². The fraction of sp³-hybridized carbons (Fsp3) is 0.929. The minimum absolute atomic E-state index is 0.213. The van der Waals surface area contributed by atoms with Crippen LogP contribution in [0, 0.1) is 0 Å². The van der Waals surface area contributed by atoms with E-state index in [2.05, 4.69) is 30.6 Å². The lowest BCUT2D eigenvalue weighted by Gasteiger charge is -2.41. The number of piperazine rings is 1. The Balaban J connectivity index is 2.45. The number of carboxylic acids is 1. The second-order valence-corrected chi connectivity index (χ2v) is 6.10. The molecule has 5 heteroatoms. The summed E-state index contributed by atoms with van der Waals surface area (Å²) in [6.07, 6.45) is 1.67. The SMILES string of the molecule is CCC(C)N1CCN(C(C)CC(C)(N)C(=O)O)CC1. The highest BCUT2D eigenvalue weighted by Gasteiger charge is 2.33. The first-order valence-corrected chi connectivity index (χ1v) is 7.28. The highest BCUT2D eigenvalue weighted by molar-refractivity contribution is 5.77. The molecule has 1 fully saturated rings. The molecule has 19 heavy (non-hydrogen) atoms. The van der Waals surface area contributed by atoms with Crippen LogP contribution in [0.25, 0.3) is 0 Å². The number of carbonyl (C=O) groups is 1. The predicted octanol–water partition coefficient (Wildman–Crippen LogP) is 0.983. The highest BCUT2D eigenvalue weighted by atomic mass is 16.4. The van der Waals surface area contributed by atoms with Gasteiger partial charge >= 0.3 is 5.97 Å². The quantitative estimate of drug-likeness (QED) is 0.754. The summed E-state index contributed by atoms with van der Waals surface area (Å²) in [5.74, 6) is -0.919. The Hall–Kier alpha value is -0.650. The summed E-state index contributed by atoms with van der Waals surface area (Å²) < 4.78 is 0. The fourth-order valence-corrected chi connectivity index (χ4v) is 2.71. The van der Waals surface area contributed by atoms with E-state index in [1.165, 1.54) is 6.42 Å². The molecule has 3 atom stereocenters. The summed E-state index contributed by atoms with van der Waals surface area (Å²) >= 11 is 0. The number of rotatable bonds is 6. The molecule has 1 aliphatic heterocycles. The number of carboxylic acid groups (broad SMARTS) is 1. The fourth-order valence-electron chi connectivity index (χ4n) is 2.71. The third-order valence-corrected chi connectivity index (χ3v) is 4.39. The van der Waals surface area contributed by atoms with Gasteiger partial charge in [0.05, 0.1) is 0 Å². The third-order valence-electron chi connectivity index (χ3n) is 4.39. The number of hydrogen-bond acceptors (Lipinski definition) is 4. The van der Waals surface area contributed by atoms with E-state index in [9.17, 15) is 4.79 Å². The third kappa shape index (κ3) is 4.44. The Morgan fingerprint density at radius 2 is 1.63 bits per heavy atom. The summed E-state index contributed by atoms with van der Waals surface area (Å²) in [5, 5.41) is 9.08. The van der Waals surface area contributed by atoms with Gasteiger partial charge in [0.15, 0.2) is 0 Å². The van der Waals surface area contributed by atoms with Gasteiger partial charge in [-0.15, -0.1) is 0 Å². The normalized spacial score (nSPS) is 24.7. The number of nitrogens with two attached hydrogens (primary N) is 1. The highest BCUT2D eigenvalue weighted by Crippen LogP contribution is 2.17. The molecule has 0 radical (unpaired) electrons. The van der Waals surface area contributed by atoms with Crippen LogP contribution < -0.4 is 5.73 Å². The molecule has 1 aliphatic rings. The van der Waals surface area contributed by atoms with Gasteiger partial charge in [-0.1, -0.05) is 6.92 Å². The molecule has 0 amide bonds. The molecule has 3 N–H and O–H groups in total. The largest absolute Gasteiger partial charge is 0.480 e. The Bertz CT molecular complexity index is 299. The molecule has 0 saturated carbocycles. The first-order chi connectivity index (χ1) is 8.77. The van der Waals surface area contributed by atoms with Crippen molar-refractivity contribution in [2.75, 3.05) is 26.2 Å². The molecule has 112 valence electrons. The molecule has 1 heterocycles. The smallest absolute Gasteiger partial charge is 0.323 e. The predicted molar refractivity (Wildman–Crippen MR) is 77.2 cm³/mol. The average Bonchev–Trinajstić information content (AvgIpc) is 2.37. The van der Waals surface area contributed by atoms with E-state index in [1.807, 2.05) is 0 Å². The van der Waals surface area contributed by atoms with Crippen LogP contribution in [-0.2, 0) is 4.79 Å². The zero-order chi connectivity index (χ0) is 14.6. The van der Waals surface area contributed by atoms with E-state index in [-0.39, 0.29) is 6.04 Å². The number of aliphatic carboxylic acids is 1. The van der Waals surface area contributed by atoms with Crippen LogP contribution in [0.3, 0.4) is 0 Å². The van der Waals surface area contributed by atoms with Gasteiger partial charge in [-0.3, -0.25) is 14.6 Å². The van der Waals surface area contributed by atoms with Gasteiger partial charge < -0.3 is 10.8 Å². The Labute approximate surface area is 116 Å². The van der Waals surface area contributed by atoms with Crippen molar-refractivity contribution in [3.05, 3.63) is 0 Å². The van der Waals surface area contributed by atoms with E-state index >= 15 is 0 Å². The maximum Gasteiger partial charge on any atom is 0.323 e. The van der Waals surface area contributed by atoms with Gasteiger partial charge in [-0.25, -0.2) is 0 Å². The van der Waals surface area contributed by atoms with Crippen molar-refractivity contribution in [3.63, 3.8) is 0 Å². The first kappa shape index (κ1) is 16.4. The van der Waals surface area contributed by atoms with E-state index in [4.69, 9.17) is 10.8 Å². The van der Waals surface area contributed by atoms with Crippen LogP contribution >= 0.6 is 0 Å². The topological polar surface area (TPSA) is 69.8 Å². The number of nitrogens with zero attached hydrogens (tertiary/aromatic N) is 2. The van der Waals surface area contributed by atoms with Crippen molar-refractivity contribution in [3.8, 4) is 0 Å². The minimum Gasteiger partial charge on any atom is -0.480 e. The van der Waals surface area contributed by atoms with Gasteiger partial charge in [-0.2, -0.15) is 0 Å². The zero-order valence-electron chi connectivity index (χ0n) is 12.7. The lowest BCUT2D eigenvalue weighted by atomic mass is 9.94. The maximum absolute atomic E-state index is 11.1. The summed E-state index contributed by atoms with van der Waals surface area (Å²) in [4.78, 5) is 15.9. The summed E-state index contributed by atoms with van der Waals surface area (Å²) in [6, 6.07) is 0.849. The monoisotopic (exact) mass is 271 g/mol. The molecule has 3 unspecified atom stereocenters. The van der Waals surface area contributed by atoms with Crippen molar-refractivity contribution in [2.45, 2.75) is 58.2 Å². The van der Waals surface area contributed by atoms with Crippen molar-refractivity contribution in [1.29, 1.82) is 0 Å². The molecule has 5 nitrogen and oxygen atoms in total. The van der Waals surface area contributed by atoms with Gasteiger partial charge in [0, 0.05) is 38.3 Å². The molecule has 0 aromatic heterocycles. The van der Waals surface area contributed by atoms with Gasteiger partial charge in [0.1, 0.15) is 5.54 Å². The lowest BCUT2D eigenvalue weighted by molar-refractivity contribution is -0.143. The Kier molecular flexibility index (Phi) is 5.77. The molecule has 1 rings (SSSR count). The minimum atomic E-state index is -1.13. The van der Waals surface area contributed by atoms with Crippen LogP contribution in [0.4, 0.5) is 0 Å². The second kappa shape index (κ2) is 6.68. The second-order valence-electron chi connectivity index (χ2n) is 6.10. The van der Waals surface area contributed by atoms with Crippen LogP contribution in [0.2, 0.25) is 0 Å². The molecule has 0 bridgehead atoms. The van der Waals surface area contributed by atoms with E-state index < -0.39 is 11.5 Å². The summed E-state index contributed by atoms with van der Waals surface area (Å²) in [5.41, 5.74) is 4.70. The van der Waals surface area contributed by atoms with Gasteiger partial charge in [0.25, 0.3) is 0 Å². The van der Waals surface area contributed by atoms with Crippen LogP contribution in [0.15, 0.2) is 0 Å². The van der Waals surface area contributed by atoms with Gasteiger partial charge in [0.2, 0.25) is 0 Å². The van der Waals surface area contributed by atoms with Crippen LogP contribution in [0.1, 0.15) is 40.5 Å². The van der Waals surface area contributed by atoms with E-state index in [0.29, 0.717) is 12.5 Å². The molecule has 0 aromatic rings. The standard InChI is InChI=1S/C14H29N3O2/c1-5-11(2)16-6-8-17(9-7-16)12(3)10-14(4,15)13(18)19/h11-12H,5-10,15H2,1-4H3,(H,18,19). The van der Waals surface area contributed by atoms with Crippen LogP contribution in [0.5, 0.6) is 0 Å². The Morgan fingerprint density at radius 3 is 2.00 bits per heavy atom. The summed E-state index contributed by atoms with van der Waals surface area (Å²) in [7, 11) is 0. The first-order valence-electron chi connectivity index (χ1n) is 7.28. The van der Waals surface area contributed by atoms with E-state index in [0.717, 1.165) is 26.2 Å². The van der Waals surface area contributed by atoms with Crippen molar-refractivity contribution in [2.24, 2.45) is 5.73 Å². The van der Waals surface area contributed by atoms with Gasteiger partial charge in [-0.05, 0) is 33.6 Å². The number of hydrogen-bond donors (Lipinski definition) is 2. The molecular formula is C14H29N3O2. The molecule has 1 saturated heterocycles. The molecule has 0 spiro atoms. The zero-order valence-corrected chi connectivity index (χ0v) is 12.7. The lowest BCUT2D eigenvalue weighted by Crippen LogP contribution is -2.55. The van der Waals surface area contributed by atoms with Crippen molar-refractivity contribution in [1.82, 2.24) is 9.80 Å². The Morgan fingerprint density at radius 1 is 1.21 bits per heavy atom. The molecule has 0 aromatic carbocycles. The molecule has 0 aliphatic carbocycles. The van der Waals surface area contributed by atoms with E-state index in [1.54, 1.807) is 6.92 Å². The van der Waals surface area contributed by atoms with Crippen molar-refractivity contribution < 1.29 is 9.90 Å². The van der Waals surface area contributed by atoms with Crippen LogP contribution in [-0.4, -0.2) is 64.7 Å².